The van der Waals surface area contributed by atoms with E-state index in [2.05, 4.69) is 5.32 Å². The Morgan fingerprint density at radius 2 is 1.95 bits per heavy atom. The zero-order valence-electron chi connectivity index (χ0n) is 12.1. The van der Waals surface area contributed by atoms with Crippen molar-refractivity contribution in [2.75, 3.05) is 0 Å². The Morgan fingerprint density at radius 3 is 2.59 bits per heavy atom. The number of carbonyl (C=O) groups is 1. The molecule has 0 saturated carbocycles. The van der Waals surface area contributed by atoms with Gasteiger partial charge < -0.3 is 5.32 Å². The SMILES string of the molecule is C[C@@H](NC(=O)/C(C#N)=C/c1cccc(F)c1)c1ccccc1. The molecule has 0 fully saturated rings. The quantitative estimate of drug-likeness (QED) is 0.692. The minimum atomic E-state index is -0.483. The van der Waals surface area contributed by atoms with Gasteiger partial charge in [0.05, 0.1) is 6.04 Å². The highest BCUT2D eigenvalue weighted by Crippen LogP contribution is 2.13. The number of amides is 1. The van der Waals surface area contributed by atoms with Gasteiger partial charge in [0.15, 0.2) is 0 Å². The van der Waals surface area contributed by atoms with Crippen LogP contribution in [-0.4, -0.2) is 5.91 Å². The Kier molecular flexibility index (Phi) is 5.05. The van der Waals surface area contributed by atoms with E-state index in [9.17, 15) is 9.18 Å². The van der Waals surface area contributed by atoms with Gasteiger partial charge in [0.2, 0.25) is 0 Å². The minimum absolute atomic E-state index is 0.0617. The Bertz CT molecular complexity index is 732. The number of nitriles is 1. The molecule has 4 heteroatoms. The van der Waals surface area contributed by atoms with Crippen LogP contribution < -0.4 is 5.32 Å². The van der Waals surface area contributed by atoms with Gasteiger partial charge >= 0.3 is 0 Å². The number of nitrogens with zero attached hydrogens (tertiary/aromatic N) is 1. The van der Waals surface area contributed by atoms with Gasteiger partial charge in [0.25, 0.3) is 5.91 Å². The zero-order valence-corrected chi connectivity index (χ0v) is 12.1. The molecule has 3 nitrogen and oxygen atoms in total. The van der Waals surface area contributed by atoms with Gasteiger partial charge in [-0.05, 0) is 36.3 Å². The van der Waals surface area contributed by atoms with Crippen molar-refractivity contribution in [3.63, 3.8) is 0 Å². The van der Waals surface area contributed by atoms with Gasteiger partial charge in [-0.3, -0.25) is 4.79 Å². The fourth-order valence-electron chi connectivity index (χ4n) is 2.01. The Labute approximate surface area is 128 Å². The highest BCUT2D eigenvalue weighted by molar-refractivity contribution is 6.01. The number of carbonyl (C=O) groups excluding carboxylic acids is 1. The standard InChI is InChI=1S/C18H15FN2O/c1-13(15-7-3-2-4-8-15)21-18(22)16(12-20)10-14-6-5-9-17(19)11-14/h2-11,13H,1H3,(H,21,22)/b16-10+/t13-/m1/s1. The van der Waals surface area contributed by atoms with Gasteiger partial charge in [0, 0.05) is 0 Å². The van der Waals surface area contributed by atoms with Crippen molar-refractivity contribution in [2.24, 2.45) is 0 Å². The third-order valence-electron chi connectivity index (χ3n) is 3.17. The van der Waals surface area contributed by atoms with Gasteiger partial charge in [-0.2, -0.15) is 5.26 Å². The largest absolute Gasteiger partial charge is 0.345 e. The topological polar surface area (TPSA) is 52.9 Å². The molecular formula is C18H15FN2O. The first-order valence-corrected chi connectivity index (χ1v) is 6.83. The predicted molar refractivity (Wildman–Crippen MR) is 83.0 cm³/mol. The molecule has 0 aliphatic heterocycles. The maximum absolute atomic E-state index is 13.1. The molecule has 1 N–H and O–H groups in total. The summed E-state index contributed by atoms with van der Waals surface area (Å²) in [6, 6.07) is 16.8. The van der Waals surface area contributed by atoms with Crippen LogP contribution in [0, 0.1) is 17.1 Å². The molecule has 0 heterocycles. The molecule has 0 aromatic heterocycles. The van der Waals surface area contributed by atoms with Crippen molar-refractivity contribution in [3.8, 4) is 6.07 Å². The minimum Gasteiger partial charge on any atom is -0.345 e. The summed E-state index contributed by atoms with van der Waals surface area (Å²) in [4.78, 5) is 12.2. The van der Waals surface area contributed by atoms with Crippen molar-refractivity contribution < 1.29 is 9.18 Å². The molecule has 0 bridgehead atoms. The lowest BCUT2D eigenvalue weighted by Gasteiger charge is -2.13. The number of rotatable bonds is 4. The molecule has 2 aromatic carbocycles. The molecular weight excluding hydrogens is 279 g/mol. The molecule has 0 unspecified atom stereocenters. The molecule has 0 aliphatic carbocycles. The van der Waals surface area contributed by atoms with E-state index in [1.54, 1.807) is 6.07 Å². The summed E-state index contributed by atoms with van der Waals surface area (Å²) in [7, 11) is 0. The predicted octanol–water partition coefficient (Wildman–Crippen LogP) is 3.61. The zero-order chi connectivity index (χ0) is 15.9. The van der Waals surface area contributed by atoms with Crippen molar-refractivity contribution in [1.82, 2.24) is 5.32 Å². The van der Waals surface area contributed by atoms with Crippen molar-refractivity contribution in [3.05, 3.63) is 77.1 Å². The fraction of sp³-hybridized carbons (Fsp3) is 0.111. The first kappa shape index (κ1) is 15.5. The fourth-order valence-corrected chi connectivity index (χ4v) is 2.01. The van der Waals surface area contributed by atoms with Crippen LogP contribution in [0.15, 0.2) is 60.2 Å². The second-order valence-corrected chi connectivity index (χ2v) is 4.83. The van der Waals surface area contributed by atoms with E-state index in [0.717, 1.165) is 5.56 Å². The first-order valence-electron chi connectivity index (χ1n) is 6.83. The molecule has 2 rings (SSSR count). The summed E-state index contributed by atoms with van der Waals surface area (Å²) in [6.07, 6.45) is 1.37. The highest BCUT2D eigenvalue weighted by atomic mass is 19.1. The highest BCUT2D eigenvalue weighted by Gasteiger charge is 2.13. The average molecular weight is 294 g/mol. The monoisotopic (exact) mass is 294 g/mol. The molecule has 1 atom stereocenters. The first-order chi connectivity index (χ1) is 10.6. The molecule has 1 amide bonds. The molecule has 22 heavy (non-hydrogen) atoms. The summed E-state index contributed by atoms with van der Waals surface area (Å²) in [5.74, 6) is -0.896. The maximum atomic E-state index is 13.1. The number of hydrogen-bond donors (Lipinski definition) is 1. The van der Waals surface area contributed by atoms with Crippen LogP contribution in [0.4, 0.5) is 4.39 Å². The van der Waals surface area contributed by atoms with Gasteiger partial charge in [-0.25, -0.2) is 4.39 Å². The van der Waals surface area contributed by atoms with E-state index in [1.165, 1.54) is 24.3 Å². The number of nitrogens with one attached hydrogen (secondary N) is 1. The number of halogens is 1. The van der Waals surface area contributed by atoms with E-state index in [4.69, 9.17) is 5.26 Å². The van der Waals surface area contributed by atoms with Gasteiger partial charge in [-0.1, -0.05) is 42.5 Å². The van der Waals surface area contributed by atoms with Crippen LogP contribution in [-0.2, 0) is 4.79 Å². The van der Waals surface area contributed by atoms with Crippen molar-refractivity contribution >= 4 is 12.0 Å². The molecule has 0 radical (unpaired) electrons. The summed E-state index contributed by atoms with van der Waals surface area (Å²) in [5.41, 5.74) is 1.35. The third-order valence-corrected chi connectivity index (χ3v) is 3.17. The Balaban J connectivity index is 2.14. The summed E-state index contributed by atoms with van der Waals surface area (Å²) >= 11 is 0. The van der Waals surface area contributed by atoms with Crippen LogP contribution in [0.5, 0.6) is 0 Å². The Hall–Kier alpha value is -2.93. The molecule has 2 aromatic rings. The average Bonchev–Trinajstić information content (AvgIpc) is 2.53. The molecule has 0 spiro atoms. The van der Waals surface area contributed by atoms with E-state index in [0.29, 0.717) is 5.56 Å². The number of benzene rings is 2. The van der Waals surface area contributed by atoms with Crippen LogP contribution >= 0.6 is 0 Å². The van der Waals surface area contributed by atoms with Gasteiger partial charge in [-0.15, -0.1) is 0 Å². The lowest BCUT2D eigenvalue weighted by atomic mass is 10.1. The van der Waals surface area contributed by atoms with Crippen molar-refractivity contribution in [2.45, 2.75) is 13.0 Å². The van der Waals surface area contributed by atoms with Gasteiger partial charge in [0.1, 0.15) is 17.5 Å². The lowest BCUT2D eigenvalue weighted by Crippen LogP contribution is -2.27. The normalized spacial score (nSPS) is 12.3. The van der Waals surface area contributed by atoms with Crippen molar-refractivity contribution in [1.29, 1.82) is 5.26 Å². The van der Waals surface area contributed by atoms with Crippen LogP contribution in [0.25, 0.3) is 6.08 Å². The second kappa shape index (κ2) is 7.19. The van der Waals surface area contributed by atoms with E-state index < -0.39 is 11.7 Å². The number of hydrogen-bond acceptors (Lipinski definition) is 2. The molecule has 110 valence electrons. The van der Waals surface area contributed by atoms with Crippen LogP contribution in [0.1, 0.15) is 24.1 Å². The summed E-state index contributed by atoms with van der Waals surface area (Å²) in [6.45, 7) is 1.84. The van der Waals surface area contributed by atoms with Crippen LogP contribution in [0.3, 0.4) is 0 Å². The second-order valence-electron chi connectivity index (χ2n) is 4.83. The van der Waals surface area contributed by atoms with E-state index in [-0.39, 0.29) is 11.6 Å². The van der Waals surface area contributed by atoms with E-state index in [1.807, 2.05) is 43.3 Å². The summed E-state index contributed by atoms with van der Waals surface area (Å²) < 4.78 is 13.1. The maximum Gasteiger partial charge on any atom is 0.262 e. The molecule has 0 aliphatic rings. The lowest BCUT2D eigenvalue weighted by molar-refractivity contribution is -0.117. The smallest absolute Gasteiger partial charge is 0.262 e. The molecule has 0 saturated heterocycles. The summed E-state index contributed by atoms with van der Waals surface area (Å²) in [5, 5.41) is 11.9. The van der Waals surface area contributed by atoms with Crippen LogP contribution in [0.2, 0.25) is 0 Å². The van der Waals surface area contributed by atoms with E-state index >= 15 is 0 Å². The third kappa shape index (κ3) is 4.03. The Morgan fingerprint density at radius 1 is 1.23 bits per heavy atom.